The largest absolute Gasteiger partial charge is 0.352 e. The van der Waals surface area contributed by atoms with Crippen molar-refractivity contribution in [3.05, 3.63) is 29.3 Å². The molecule has 1 aliphatic heterocycles. The maximum absolute atomic E-state index is 12.1. The molecule has 124 valence electrons. The monoisotopic (exact) mass is 356 g/mol. The van der Waals surface area contributed by atoms with E-state index < -0.39 is 9.84 Å². The molecule has 23 heavy (non-hydrogen) atoms. The van der Waals surface area contributed by atoms with Crippen LogP contribution in [0.2, 0.25) is 5.02 Å². The zero-order chi connectivity index (χ0) is 16.6. The van der Waals surface area contributed by atoms with Crippen LogP contribution in [-0.4, -0.2) is 37.8 Å². The Morgan fingerprint density at radius 1 is 1.17 bits per heavy atom. The molecular formula is C15H17ClN2O4S. The highest BCUT2D eigenvalue weighted by atomic mass is 35.5. The third-order valence-corrected chi connectivity index (χ3v) is 6.14. The van der Waals surface area contributed by atoms with Crippen LogP contribution < -0.4 is 10.6 Å². The SMILES string of the molecule is O=C(Nc1cccc(Cl)c1)C1CC1C(=O)NC1CCS(=O)(=O)C1. The first-order valence-electron chi connectivity index (χ1n) is 7.41. The van der Waals surface area contributed by atoms with Crippen molar-refractivity contribution in [1.29, 1.82) is 0 Å². The van der Waals surface area contributed by atoms with Gasteiger partial charge in [0.15, 0.2) is 9.84 Å². The number of sulfone groups is 1. The van der Waals surface area contributed by atoms with E-state index in [4.69, 9.17) is 11.6 Å². The predicted molar refractivity (Wildman–Crippen MR) is 86.9 cm³/mol. The molecule has 8 heteroatoms. The van der Waals surface area contributed by atoms with Gasteiger partial charge >= 0.3 is 0 Å². The Morgan fingerprint density at radius 3 is 2.57 bits per heavy atom. The summed E-state index contributed by atoms with van der Waals surface area (Å²) < 4.78 is 22.8. The summed E-state index contributed by atoms with van der Waals surface area (Å²) in [7, 11) is -3.03. The number of hydrogen-bond acceptors (Lipinski definition) is 4. The van der Waals surface area contributed by atoms with Crippen LogP contribution in [0.15, 0.2) is 24.3 Å². The molecule has 2 N–H and O–H groups in total. The summed E-state index contributed by atoms with van der Waals surface area (Å²) in [5.74, 6) is -1.10. The van der Waals surface area contributed by atoms with Gasteiger partial charge in [-0.05, 0) is 31.0 Å². The van der Waals surface area contributed by atoms with Crippen LogP contribution >= 0.6 is 11.6 Å². The third kappa shape index (κ3) is 4.03. The fourth-order valence-corrected chi connectivity index (χ4v) is 4.66. The summed E-state index contributed by atoms with van der Waals surface area (Å²) >= 11 is 5.86. The molecule has 3 rings (SSSR count). The van der Waals surface area contributed by atoms with Crippen LogP contribution in [0, 0.1) is 11.8 Å². The second-order valence-electron chi connectivity index (χ2n) is 6.06. The lowest BCUT2D eigenvalue weighted by Gasteiger charge is -2.10. The Labute approximate surface area is 139 Å². The molecule has 3 atom stereocenters. The van der Waals surface area contributed by atoms with Crippen molar-refractivity contribution in [2.24, 2.45) is 11.8 Å². The highest BCUT2D eigenvalue weighted by molar-refractivity contribution is 7.91. The maximum Gasteiger partial charge on any atom is 0.228 e. The summed E-state index contributed by atoms with van der Waals surface area (Å²) in [6.07, 6.45) is 0.928. The summed E-state index contributed by atoms with van der Waals surface area (Å²) in [5.41, 5.74) is 0.593. The van der Waals surface area contributed by atoms with E-state index in [-0.39, 0.29) is 41.2 Å². The molecule has 1 heterocycles. The van der Waals surface area contributed by atoms with Gasteiger partial charge in [0.1, 0.15) is 0 Å². The quantitative estimate of drug-likeness (QED) is 0.848. The van der Waals surface area contributed by atoms with Crippen LogP contribution in [0.25, 0.3) is 0 Å². The van der Waals surface area contributed by atoms with Crippen LogP contribution in [-0.2, 0) is 19.4 Å². The van der Waals surface area contributed by atoms with E-state index in [1.807, 2.05) is 0 Å². The molecule has 0 bridgehead atoms. The van der Waals surface area contributed by atoms with Crippen LogP contribution in [0.1, 0.15) is 12.8 Å². The molecule has 0 radical (unpaired) electrons. The minimum atomic E-state index is -3.03. The zero-order valence-corrected chi connectivity index (χ0v) is 13.9. The van der Waals surface area contributed by atoms with Crippen molar-refractivity contribution in [2.75, 3.05) is 16.8 Å². The number of anilines is 1. The van der Waals surface area contributed by atoms with Crippen LogP contribution in [0.4, 0.5) is 5.69 Å². The van der Waals surface area contributed by atoms with Crippen molar-refractivity contribution in [1.82, 2.24) is 5.32 Å². The average molecular weight is 357 g/mol. The lowest BCUT2D eigenvalue weighted by atomic mass is 10.2. The van der Waals surface area contributed by atoms with Crippen molar-refractivity contribution < 1.29 is 18.0 Å². The Bertz CT molecular complexity index is 750. The van der Waals surface area contributed by atoms with E-state index in [2.05, 4.69) is 10.6 Å². The number of carbonyl (C=O) groups excluding carboxylic acids is 2. The van der Waals surface area contributed by atoms with Gasteiger partial charge in [-0.15, -0.1) is 0 Å². The highest BCUT2D eigenvalue weighted by Gasteiger charge is 2.48. The van der Waals surface area contributed by atoms with Crippen LogP contribution in [0.3, 0.4) is 0 Å². The Hall–Kier alpha value is -1.60. The van der Waals surface area contributed by atoms with E-state index in [9.17, 15) is 18.0 Å². The van der Waals surface area contributed by atoms with E-state index in [1.165, 1.54) is 0 Å². The zero-order valence-electron chi connectivity index (χ0n) is 12.3. The average Bonchev–Trinajstić information content (AvgIpc) is 3.19. The minimum Gasteiger partial charge on any atom is -0.352 e. The number of benzene rings is 1. The van der Waals surface area contributed by atoms with E-state index in [0.29, 0.717) is 23.6 Å². The second kappa shape index (κ2) is 6.13. The smallest absolute Gasteiger partial charge is 0.228 e. The predicted octanol–water partition coefficient (Wildman–Crippen LogP) is 1.22. The molecular weight excluding hydrogens is 340 g/mol. The van der Waals surface area contributed by atoms with Gasteiger partial charge in [0.25, 0.3) is 0 Å². The highest BCUT2D eigenvalue weighted by Crippen LogP contribution is 2.39. The standard InChI is InChI=1S/C15H17ClN2O4S/c16-9-2-1-3-10(6-9)17-14(19)12-7-13(12)15(20)18-11-4-5-23(21,22)8-11/h1-3,6,11-13H,4-5,7-8H2,(H,17,19)(H,18,20). The first kappa shape index (κ1) is 16.3. The molecule has 1 saturated heterocycles. The Balaban J connectivity index is 1.50. The lowest BCUT2D eigenvalue weighted by Crippen LogP contribution is -2.37. The Morgan fingerprint density at radius 2 is 1.91 bits per heavy atom. The van der Waals surface area contributed by atoms with Gasteiger partial charge in [-0.25, -0.2) is 8.42 Å². The molecule has 1 aromatic carbocycles. The van der Waals surface area contributed by atoms with Gasteiger partial charge in [-0.3, -0.25) is 9.59 Å². The van der Waals surface area contributed by atoms with Gasteiger partial charge in [0, 0.05) is 16.8 Å². The summed E-state index contributed by atoms with van der Waals surface area (Å²) in [6, 6.07) is 6.48. The molecule has 2 aliphatic rings. The molecule has 3 unspecified atom stereocenters. The number of nitrogens with one attached hydrogen (secondary N) is 2. The fourth-order valence-electron chi connectivity index (χ4n) is 2.79. The number of amides is 2. The summed E-state index contributed by atoms with van der Waals surface area (Å²) in [6.45, 7) is 0. The topological polar surface area (TPSA) is 92.3 Å². The van der Waals surface area contributed by atoms with Crippen molar-refractivity contribution in [2.45, 2.75) is 18.9 Å². The number of rotatable bonds is 4. The molecule has 0 aromatic heterocycles. The molecule has 1 aliphatic carbocycles. The third-order valence-electron chi connectivity index (χ3n) is 4.13. The number of carbonyl (C=O) groups is 2. The molecule has 0 spiro atoms. The second-order valence-corrected chi connectivity index (χ2v) is 8.72. The fraction of sp³-hybridized carbons (Fsp3) is 0.467. The molecule has 6 nitrogen and oxygen atoms in total. The van der Waals surface area contributed by atoms with Gasteiger partial charge < -0.3 is 10.6 Å². The normalized spacial score (nSPS) is 28.1. The van der Waals surface area contributed by atoms with Crippen molar-refractivity contribution in [3.63, 3.8) is 0 Å². The van der Waals surface area contributed by atoms with Gasteiger partial charge in [0.2, 0.25) is 11.8 Å². The van der Waals surface area contributed by atoms with E-state index in [0.717, 1.165) is 0 Å². The van der Waals surface area contributed by atoms with E-state index in [1.54, 1.807) is 24.3 Å². The van der Waals surface area contributed by atoms with Crippen LogP contribution in [0.5, 0.6) is 0 Å². The van der Waals surface area contributed by atoms with E-state index >= 15 is 0 Å². The first-order valence-corrected chi connectivity index (χ1v) is 9.61. The number of hydrogen-bond donors (Lipinski definition) is 2. The van der Waals surface area contributed by atoms with Crippen molar-refractivity contribution >= 4 is 38.9 Å². The molecule has 1 saturated carbocycles. The van der Waals surface area contributed by atoms with Gasteiger partial charge in [0.05, 0.1) is 23.3 Å². The molecule has 2 fully saturated rings. The summed E-state index contributed by atoms with van der Waals surface area (Å²) in [5, 5.41) is 6.00. The first-order chi connectivity index (χ1) is 10.8. The maximum atomic E-state index is 12.1. The number of halogens is 1. The molecule has 1 aromatic rings. The van der Waals surface area contributed by atoms with Crippen molar-refractivity contribution in [3.8, 4) is 0 Å². The van der Waals surface area contributed by atoms with Gasteiger partial charge in [-0.1, -0.05) is 17.7 Å². The summed E-state index contributed by atoms with van der Waals surface area (Å²) in [4.78, 5) is 24.2. The minimum absolute atomic E-state index is 0.00909. The molecule has 2 amide bonds. The van der Waals surface area contributed by atoms with Gasteiger partial charge in [-0.2, -0.15) is 0 Å². The lowest BCUT2D eigenvalue weighted by molar-refractivity contribution is -0.125. The Kier molecular flexibility index (Phi) is 4.33.